The van der Waals surface area contributed by atoms with Crippen molar-refractivity contribution in [1.29, 1.82) is 0 Å². The van der Waals surface area contributed by atoms with Gasteiger partial charge in [-0.3, -0.25) is 0 Å². The Morgan fingerprint density at radius 1 is 0.183 bits per heavy atom. The second-order valence-corrected chi connectivity index (χ2v) is 42.9. The van der Waals surface area contributed by atoms with E-state index < -0.39 is 0 Å². The van der Waals surface area contributed by atoms with Crippen molar-refractivity contribution in [3.63, 3.8) is 0 Å². The molecule has 0 bridgehead atoms. The minimum Gasteiger partial charge on any atom is -0.208 e. The Hall–Kier alpha value is -13.3. The van der Waals surface area contributed by atoms with E-state index in [1.165, 1.54) is 179 Å². The Morgan fingerprint density at radius 3 is 0.549 bits per heavy atom. The molecule has 12 aromatic carbocycles. The first-order valence-electron chi connectivity index (χ1n) is 51.9. The second kappa shape index (κ2) is 48.4. The topological polar surface area (TPSA) is 155 Å². The summed E-state index contributed by atoms with van der Waals surface area (Å²) >= 11 is 0. The quantitative estimate of drug-likeness (QED) is 0.0394. The van der Waals surface area contributed by atoms with Crippen LogP contribution in [-0.4, -0.2) is 59.8 Å². The van der Waals surface area contributed by atoms with Crippen LogP contribution < -0.4 is 0 Å². The number of rotatable bonds is 30. The lowest BCUT2D eigenvalue weighted by Gasteiger charge is -2.33. The van der Waals surface area contributed by atoms with Gasteiger partial charge in [0, 0.05) is 66.8 Å². The number of benzene rings is 12. The van der Waals surface area contributed by atoms with Gasteiger partial charge in [0.2, 0.25) is 0 Å². The van der Waals surface area contributed by atoms with Gasteiger partial charge < -0.3 is 0 Å². The third-order valence-electron chi connectivity index (χ3n) is 27.0. The number of unbranched alkanes of at least 4 members (excludes halogenated alkanes) is 12. The van der Waals surface area contributed by atoms with E-state index in [0.717, 1.165) is 143 Å². The zero-order chi connectivity index (χ0) is 102. The first-order valence-corrected chi connectivity index (χ1v) is 51.9. The highest BCUT2D eigenvalue weighted by Gasteiger charge is 2.29. The van der Waals surface area contributed by atoms with E-state index in [-0.39, 0.29) is 16.2 Å². The Balaban J connectivity index is 0.000000160. The van der Waals surface area contributed by atoms with Crippen LogP contribution in [0, 0.1) is 116 Å². The van der Waals surface area contributed by atoms with Gasteiger partial charge in [-0.15, -0.1) is 0 Å². The van der Waals surface area contributed by atoms with Crippen LogP contribution in [0.1, 0.15) is 277 Å². The predicted octanol–water partition coefficient (Wildman–Crippen LogP) is 35.0. The lowest BCUT2D eigenvalue weighted by molar-refractivity contribution is 0.284. The maximum atomic E-state index is 4.97. The summed E-state index contributed by atoms with van der Waals surface area (Å²) in [6.07, 6.45) is 22.2. The van der Waals surface area contributed by atoms with Gasteiger partial charge in [-0.1, -0.05) is 433 Å². The van der Waals surface area contributed by atoms with Gasteiger partial charge in [0.1, 0.15) is 0 Å². The highest BCUT2D eigenvalue weighted by Crippen LogP contribution is 2.40. The van der Waals surface area contributed by atoms with Crippen LogP contribution in [0.5, 0.6) is 0 Å². The zero-order valence-corrected chi connectivity index (χ0v) is 90.0. The molecule has 0 saturated heterocycles. The van der Waals surface area contributed by atoms with E-state index in [2.05, 4.69) is 423 Å². The van der Waals surface area contributed by atoms with Crippen LogP contribution in [-0.2, 0) is 23.7 Å². The molecule has 732 valence electrons. The summed E-state index contributed by atoms with van der Waals surface area (Å²) in [4.78, 5) is 59.3. The van der Waals surface area contributed by atoms with Gasteiger partial charge in [-0.05, 0) is 226 Å². The van der Waals surface area contributed by atoms with Crippen LogP contribution in [0.15, 0.2) is 243 Å². The molecular formula is C130H152N12. The molecule has 0 spiro atoms. The molecule has 12 nitrogen and oxygen atoms in total. The number of aryl methyl sites for hydroxylation is 18. The first kappa shape index (κ1) is 106. The van der Waals surface area contributed by atoms with Crippen molar-refractivity contribution in [2.45, 2.75) is 300 Å². The number of aromatic nitrogens is 12. The fourth-order valence-corrected chi connectivity index (χ4v) is 19.3. The molecular weight excluding hydrogens is 1730 g/mol. The largest absolute Gasteiger partial charge is 0.208 e. The SMILES string of the molecule is CCCCCCCCCCCCc1ccc(-c2nc(-c3ccc(C)cc3C)nc(-c3ccc(C)cc3C)n2)cc1.CCCCCCc1ccc(-c2nc(-c3ccc(C)cc3C)nc(-c3ccc(C)cc3C)n2)cc1.Cc1ccc(-c2nc(-c3ccc(C(C)(C)C)cc3)nc(-c3ccc(C)cc3C)n2)c(C)c1.Cc1ccc(-c2nc(-c3ccc(C(C)(C)CC(C)(C)C)cc3)nc(-c3ccc(C)cc3C)n2)c(C)c1. The van der Waals surface area contributed by atoms with Crippen LogP contribution in [0.4, 0.5) is 0 Å². The Labute approximate surface area is 850 Å². The van der Waals surface area contributed by atoms with Crippen LogP contribution in [0.25, 0.3) is 137 Å². The summed E-state index contributed by atoms with van der Waals surface area (Å²) in [5.74, 6) is 8.60. The average Bonchev–Trinajstić information content (AvgIpc) is 0.792. The molecule has 12 heteroatoms. The van der Waals surface area contributed by atoms with Crippen LogP contribution in [0.3, 0.4) is 0 Å². The predicted molar refractivity (Wildman–Crippen MR) is 600 cm³/mol. The summed E-state index contributed by atoms with van der Waals surface area (Å²) in [6.45, 7) is 56.6. The maximum Gasteiger partial charge on any atom is 0.164 e. The van der Waals surface area contributed by atoms with Gasteiger partial charge in [-0.2, -0.15) is 0 Å². The molecule has 0 aliphatic carbocycles. The highest BCUT2D eigenvalue weighted by atomic mass is 15.1. The summed E-state index contributed by atoms with van der Waals surface area (Å²) in [5, 5.41) is 0. The molecule has 0 radical (unpaired) electrons. The van der Waals surface area contributed by atoms with Crippen LogP contribution >= 0.6 is 0 Å². The van der Waals surface area contributed by atoms with Crippen molar-refractivity contribution >= 4 is 0 Å². The molecule has 0 aliphatic heterocycles. The lowest BCUT2D eigenvalue weighted by Crippen LogP contribution is -2.24. The van der Waals surface area contributed by atoms with Crippen molar-refractivity contribution < 1.29 is 0 Å². The third kappa shape index (κ3) is 29.0. The zero-order valence-electron chi connectivity index (χ0n) is 90.0. The molecule has 0 aliphatic rings. The summed E-state index contributed by atoms with van der Waals surface area (Å²) in [7, 11) is 0. The van der Waals surface area contributed by atoms with E-state index in [4.69, 9.17) is 59.8 Å². The van der Waals surface area contributed by atoms with Gasteiger partial charge in [0.25, 0.3) is 0 Å². The fourth-order valence-electron chi connectivity index (χ4n) is 19.3. The second-order valence-electron chi connectivity index (χ2n) is 42.9. The van der Waals surface area contributed by atoms with Crippen molar-refractivity contribution in [3.05, 3.63) is 354 Å². The summed E-state index contributed by atoms with van der Waals surface area (Å²) < 4.78 is 0. The van der Waals surface area contributed by atoms with Gasteiger partial charge in [-0.25, -0.2) is 59.8 Å². The lowest BCUT2D eigenvalue weighted by atomic mass is 9.72. The van der Waals surface area contributed by atoms with E-state index in [1.807, 2.05) is 0 Å². The molecule has 16 rings (SSSR count). The molecule has 0 amide bonds. The molecule has 0 atom stereocenters. The monoisotopic (exact) mass is 1880 g/mol. The molecule has 0 saturated carbocycles. The minimum absolute atomic E-state index is 0.0875. The third-order valence-corrected chi connectivity index (χ3v) is 27.0. The van der Waals surface area contributed by atoms with Crippen molar-refractivity contribution in [3.8, 4) is 137 Å². The number of hydrogen-bond donors (Lipinski definition) is 0. The molecule has 0 unspecified atom stereocenters. The molecule has 4 heterocycles. The molecule has 4 aromatic heterocycles. The Bertz CT molecular complexity index is 6710. The number of nitrogens with zero attached hydrogens (tertiary/aromatic N) is 12. The fraction of sp³-hybridized carbons (Fsp3) is 0.354. The van der Waals surface area contributed by atoms with E-state index in [1.54, 1.807) is 0 Å². The summed E-state index contributed by atoms with van der Waals surface area (Å²) in [5.41, 5.74) is 37.5. The first-order chi connectivity index (χ1) is 67.8. The van der Waals surface area contributed by atoms with E-state index in [0.29, 0.717) is 34.9 Å². The maximum absolute atomic E-state index is 4.97. The van der Waals surface area contributed by atoms with Crippen molar-refractivity contribution in [1.82, 2.24) is 59.8 Å². The van der Waals surface area contributed by atoms with E-state index >= 15 is 0 Å². The average molecular weight is 1880 g/mol. The minimum atomic E-state index is 0.0875. The number of hydrogen-bond acceptors (Lipinski definition) is 12. The van der Waals surface area contributed by atoms with Gasteiger partial charge in [0.05, 0.1) is 0 Å². The highest BCUT2D eigenvalue weighted by molar-refractivity contribution is 5.76. The molecule has 16 aromatic rings. The Morgan fingerprint density at radius 2 is 0.359 bits per heavy atom. The Kier molecular flexibility index (Phi) is 36.2. The van der Waals surface area contributed by atoms with Crippen molar-refractivity contribution in [2.75, 3.05) is 0 Å². The summed E-state index contributed by atoms with van der Waals surface area (Å²) in [6, 6.07) is 86.4. The van der Waals surface area contributed by atoms with Crippen molar-refractivity contribution in [2.24, 2.45) is 5.41 Å². The van der Waals surface area contributed by atoms with Gasteiger partial charge in [0.15, 0.2) is 69.9 Å². The van der Waals surface area contributed by atoms with E-state index in [9.17, 15) is 0 Å². The standard InChI is InChI=1S/C37H47N3.C33H39N3.C31H35N3.C29H31N3/c1-6-7-8-9-10-11-12-13-14-15-16-31-19-21-32(22-20-31)35-38-36(33-23-17-27(2)25-29(33)4)40-37(39-35)34-24-18-28(3)26-30(34)5;1-21-10-16-27(23(3)18-21)30-34-29(35-31(36-30)28-17-11-22(2)19-24(28)4)25-12-14-26(15-13-25)33(8,9)20-32(5,6)7;1-6-7-8-9-10-25-13-15-26(16-14-25)29-32-30(27-17-11-21(2)19-23(27)4)34-31(33-29)28-18-12-22(3)20-24(28)5;1-18-8-14-24(20(3)16-18)27-30-26(22-10-12-23(13-11-22)29(5,6)7)31-28(32-27)25-15-9-19(2)17-21(25)4/h17-26H,6-16H2,1-5H3;10-19H,20H2,1-9H3;11-20H,6-10H2,1-5H3;8-17H,1-7H3. The smallest absolute Gasteiger partial charge is 0.164 e. The molecule has 0 fully saturated rings. The molecule has 0 N–H and O–H groups in total. The van der Waals surface area contributed by atoms with Gasteiger partial charge >= 0.3 is 0 Å². The molecule has 142 heavy (non-hydrogen) atoms. The normalized spacial score (nSPS) is 11.5. The van der Waals surface area contributed by atoms with Crippen LogP contribution in [0.2, 0.25) is 0 Å².